The van der Waals surface area contributed by atoms with Gasteiger partial charge < -0.3 is 10.6 Å². The molecule has 1 amide bonds. The Hall–Kier alpha value is -1.86. The summed E-state index contributed by atoms with van der Waals surface area (Å²) in [4.78, 5) is 12.1. The minimum Gasteiger partial charge on any atom is -0.345 e. The van der Waals surface area contributed by atoms with Gasteiger partial charge in [-0.2, -0.15) is 10.2 Å². The van der Waals surface area contributed by atoms with E-state index in [-0.39, 0.29) is 18.3 Å². The van der Waals surface area contributed by atoms with E-state index >= 15 is 0 Å². The lowest BCUT2D eigenvalue weighted by molar-refractivity contribution is 0.0943. The molecular formula is C14H21ClN6O. The highest BCUT2D eigenvalue weighted by molar-refractivity contribution is 5.92. The topological polar surface area (TPSA) is 76.8 Å². The lowest BCUT2D eigenvalue weighted by atomic mass is 10.1. The minimum absolute atomic E-state index is 0. The Kier molecular flexibility index (Phi) is 5.57. The SMILES string of the molecule is Cl.Cn1nccc1CNC(=O)c1ccn(C2CCCNC2)n1. The number of hydrogen-bond donors (Lipinski definition) is 2. The van der Waals surface area contributed by atoms with Crippen molar-refractivity contribution in [3.8, 4) is 0 Å². The van der Waals surface area contributed by atoms with Crippen LogP contribution in [0.2, 0.25) is 0 Å². The van der Waals surface area contributed by atoms with E-state index in [1.807, 2.05) is 24.0 Å². The van der Waals surface area contributed by atoms with Gasteiger partial charge in [0.2, 0.25) is 0 Å². The molecule has 3 heterocycles. The van der Waals surface area contributed by atoms with E-state index in [0.29, 0.717) is 18.3 Å². The Labute approximate surface area is 135 Å². The quantitative estimate of drug-likeness (QED) is 0.876. The second-order valence-electron chi connectivity index (χ2n) is 5.31. The first-order valence-electron chi connectivity index (χ1n) is 7.25. The molecule has 8 heteroatoms. The summed E-state index contributed by atoms with van der Waals surface area (Å²) in [5, 5.41) is 14.7. The second kappa shape index (κ2) is 7.42. The van der Waals surface area contributed by atoms with E-state index in [9.17, 15) is 4.79 Å². The van der Waals surface area contributed by atoms with Gasteiger partial charge in [-0.15, -0.1) is 12.4 Å². The van der Waals surface area contributed by atoms with Crippen molar-refractivity contribution in [3.05, 3.63) is 35.9 Å². The Morgan fingerprint density at radius 3 is 3.05 bits per heavy atom. The van der Waals surface area contributed by atoms with E-state index < -0.39 is 0 Å². The second-order valence-corrected chi connectivity index (χ2v) is 5.31. The maximum absolute atomic E-state index is 12.1. The zero-order chi connectivity index (χ0) is 14.7. The maximum atomic E-state index is 12.1. The van der Waals surface area contributed by atoms with Crippen LogP contribution in [0.5, 0.6) is 0 Å². The van der Waals surface area contributed by atoms with E-state index in [4.69, 9.17) is 0 Å². The number of nitrogens with zero attached hydrogens (tertiary/aromatic N) is 4. The zero-order valence-electron chi connectivity index (χ0n) is 12.5. The summed E-state index contributed by atoms with van der Waals surface area (Å²) in [6.07, 6.45) is 5.85. The van der Waals surface area contributed by atoms with Gasteiger partial charge >= 0.3 is 0 Å². The van der Waals surface area contributed by atoms with Crippen molar-refractivity contribution in [2.75, 3.05) is 13.1 Å². The monoisotopic (exact) mass is 324 g/mol. The summed E-state index contributed by atoms with van der Waals surface area (Å²) in [6, 6.07) is 4.00. The Bertz CT molecular complexity index is 616. The molecule has 0 bridgehead atoms. The standard InChI is InChI=1S/C14H20N6O.ClH/c1-19-11(4-7-17-19)10-16-14(21)13-5-8-20(18-13)12-3-2-6-15-9-12;/h4-5,7-8,12,15H,2-3,6,9-10H2,1H3,(H,16,21);1H. The predicted molar refractivity (Wildman–Crippen MR) is 85.0 cm³/mol. The van der Waals surface area contributed by atoms with Crippen LogP contribution < -0.4 is 10.6 Å². The fraction of sp³-hybridized carbons (Fsp3) is 0.500. The normalized spacial score (nSPS) is 17.8. The first-order chi connectivity index (χ1) is 10.2. The van der Waals surface area contributed by atoms with Crippen LogP contribution in [0.3, 0.4) is 0 Å². The van der Waals surface area contributed by atoms with Crippen LogP contribution in [0, 0.1) is 0 Å². The number of nitrogens with one attached hydrogen (secondary N) is 2. The summed E-state index contributed by atoms with van der Waals surface area (Å²) < 4.78 is 3.64. The van der Waals surface area contributed by atoms with Crippen LogP contribution in [0.25, 0.3) is 0 Å². The number of carbonyl (C=O) groups is 1. The van der Waals surface area contributed by atoms with E-state index in [1.165, 1.54) is 0 Å². The van der Waals surface area contributed by atoms with Crippen molar-refractivity contribution in [2.24, 2.45) is 7.05 Å². The van der Waals surface area contributed by atoms with Gasteiger partial charge in [-0.1, -0.05) is 0 Å². The molecule has 1 saturated heterocycles. The first-order valence-corrected chi connectivity index (χ1v) is 7.25. The molecule has 0 aliphatic carbocycles. The molecule has 1 fully saturated rings. The van der Waals surface area contributed by atoms with Gasteiger partial charge in [0.25, 0.3) is 5.91 Å². The number of amides is 1. The molecule has 1 unspecified atom stereocenters. The summed E-state index contributed by atoms with van der Waals surface area (Å²) >= 11 is 0. The van der Waals surface area contributed by atoms with Gasteiger partial charge in [-0.05, 0) is 31.5 Å². The molecule has 1 aliphatic heterocycles. The van der Waals surface area contributed by atoms with Gasteiger partial charge in [-0.25, -0.2) is 0 Å². The van der Waals surface area contributed by atoms with Crippen molar-refractivity contribution < 1.29 is 4.79 Å². The van der Waals surface area contributed by atoms with E-state index in [0.717, 1.165) is 31.6 Å². The molecule has 0 saturated carbocycles. The van der Waals surface area contributed by atoms with Crippen molar-refractivity contribution in [1.82, 2.24) is 30.2 Å². The maximum Gasteiger partial charge on any atom is 0.272 e. The average Bonchev–Trinajstić information content (AvgIpc) is 3.15. The van der Waals surface area contributed by atoms with Crippen LogP contribution in [0.1, 0.15) is 35.1 Å². The van der Waals surface area contributed by atoms with Gasteiger partial charge in [0.05, 0.1) is 18.3 Å². The summed E-state index contributed by atoms with van der Waals surface area (Å²) in [5.41, 5.74) is 1.42. The van der Waals surface area contributed by atoms with Gasteiger partial charge in [-0.3, -0.25) is 14.2 Å². The lowest BCUT2D eigenvalue weighted by Gasteiger charge is -2.22. The molecule has 2 aromatic rings. The minimum atomic E-state index is -0.154. The van der Waals surface area contributed by atoms with Gasteiger partial charge in [0.1, 0.15) is 5.69 Å². The third kappa shape index (κ3) is 3.66. The fourth-order valence-electron chi connectivity index (χ4n) is 2.56. The number of halogens is 1. The van der Waals surface area contributed by atoms with Gasteiger partial charge in [0.15, 0.2) is 0 Å². The van der Waals surface area contributed by atoms with Crippen molar-refractivity contribution in [3.63, 3.8) is 0 Å². The number of hydrogen-bond acceptors (Lipinski definition) is 4. The number of aromatic nitrogens is 4. The number of carbonyl (C=O) groups excluding carboxylic acids is 1. The fourth-order valence-corrected chi connectivity index (χ4v) is 2.56. The van der Waals surface area contributed by atoms with Crippen LogP contribution in [0.4, 0.5) is 0 Å². The third-order valence-corrected chi connectivity index (χ3v) is 3.84. The van der Waals surface area contributed by atoms with Crippen molar-refractivity contribution >= 4 is 18.3 Å². The van der Waals surface area contributed by atoms with E-state index in [1.54, 1.807) is 16.9 Å². The highest BCUT2D eigenvalue weighted by Gasteiger charge is 2.17. The smallest absolute Gasteiger partial charge is 0.272 e. The Balaban J connectivity index is 0.00000176. The molecular weight excluding hydrogens is 304 g/mol. The average molecular weight is 325 g/mol. The van der Waals surface area contributed by atoms with Crippen LogP contribution >= 0.6 is 12.4 Å². The summed E-state index contributed by atoms with van der Waals surface area (Å²) in [7, 11) is 1.85. The highest BCUT2D eigenvalue weighted by atomic mass is 35.5. The molecule has 22 heavy (non-hydrogen) atoms. The molecule has 120 valence electrons. The van der Waals surface area contributed by atoms with Gasteiger partial charge in [0, 0.05) is 26.0 Å². The number of aryl methyl sites for hydroxylation is 1. The van der Waals surface area contributed by atoms with Crippen molar-refractivity contribution in [2.45, 2.75) is 25.4 Å². The molecule has 0 radical (unpaired) electrons. The molecule has 7 nitrogen and oxygen atoms in total. The lowest BCUT2D eigenvalue weighted by Crippen LogP contribution is -2.32. The Morgan fingerprint density at radius 2 is 2.36 bits per heavy atom. The summed E-state index contributed by atoms with van der Waals surface area (Å²) in [5.74, 6) is -0.154. The first kappa shape index (κ1) is 16.5. The molecule has 1 atom stereocenters. The molecule has 3 rings (SSSR count). The largest absolute Gasteiger partial charge is 0.345 e. The molecule has 1 aliphatic rings. The Morgan fingerprint density at radius 1 is 1.50 bits per heavy atom. The molecule has 2 aromatic heterocycles. The van der Waals surface area contributed by atoms with Crippen LogP contribution in [0.15, 0.2) is 24.5 Å². The third-order valence-electron chi connectivity index (χ3n) is 3.84. The summed E-state index contributed by atoms with van der Waals surface area (Å²) in [6.45, 7) is 2.43. The number of rotatable bonds is 4. The molecule has 0 spiro atoms. The predicted octanol–water partition coefficient (Wildman–Crippen LogP) is 0.893. The van der Waals surface area contributed by atoms with E-state index in [2.05, 4.69) is 20.8 Å². The van der Waals surface area contributed by atoms with Crippen LogP contribution in [-0.4, -0.2) is 38.6 Å². The highest BCUT2D eigenvalue weighted by Crippen LogP contribution is 2.15. The van der Waals surface area contributed by atoms with Crippen molar-refractivity contribution in [1.29, 1.82) is 0 Å². The zero-order valence-corrected chi connectivity index (χ0v) is 13.3. The molecule has 0 aromatic carbocycles. The van der Waals surface area contributed by atoms with Crippen LogP contribution in [-0.2, 0) is 13.6 Å². The molecule has 2 N–H and O–H groups in total. The number of piperidine rings is 1.